The summed E-state index contributed by atoms with van der Waals surface area (Å²) in [7, 11) is 0. The number of hydrogen-bond donors (Lipinski definition) is 1. The van der Waals surface area contributed by atoms with E-state index in [0.29, 0.717) is 24.7 Å². The van der Waals surface area contributed by atoms with Crippen LogP contribution in [0.4, 0.5) is 11.4 Å². The van der Waals surface area contributed by atoms with Crippen LogP contribution >= 0.6 is 0 Å². The summed E-state index contributed by atoms with van der Waals surface area (Å²) in [6.45, 7) is 4.14. The summed E-state index contributed by atoms with van der Waals surface area (Å²) >= 11 is 0. The zero-order chi connectivity index (χ0) is 14.0. The van der Waals surface area contributed by atoms with Gasteiger partial charge in [0.05, 0.1) is 11.0 Å². The molecule has 1 N–H and O–H groups in total. The molecule has 1 heterocycles. The van der Waals surface area contributed by atoms with E-state index >= 15 is 0 Å². The maximum absolute atomic E-state index is 11.6. The molecule has 1 aliphatic rings. The molecule has 1 aliphatic heterocycles. The number of nitrogens with one attached hydrogen (secondary N) is 1. The van der Waals surface area contributed by atoms with Crippen LogP contribution in [0, 0.1) is 16.0 Å². The third-order valence-corrected chi connectivity index (χ3v) is 2.64. The first kappa shape index (κ1) is 13.1. The van der Waals surface area contributed by atoms with E-state index in [1.54, 1.807) is 13.8 Å². The van der Waals surface area contributed by atoms with Gasteiger partial charge in [-0.05, 0) is 0 Å². The molecular formula is C12H14N2O5. The van der Waals surface area contributed by atoms with Crippen molar-refractivity contribution in [3.8, 4) is 11.5 Å². The van der Waals surface area contributed by atoms with E-state index in [0.717, 1.165) is 0 Å². The molecule has 1 amide bonds. The van der Waals surface area contributed by atoms with Gasteiger partial charge in [0, 0.05) is 12.0 Å². The summed E-state index contributed by atoms with van der Waals surface area (Å²) in [6, 6.07) is 2.69. The normalized spacial score (nSPS) is 13.2. The van der Waals surface area contributed by atoms with Crippen molar-refractivity contribution in [3.05, 3.63) is 22.2 Å². The van der Waals surface area contributed by atoms with Gasteiger partial charge in [-0.3, -0.25) is 14.9 Å². The largest absolute Gasteiger partial charge is 0.486 e. The Bertz CT molecular complexity index is 527. The van der Waals surface area contributed by atoms with Gasteiger partial charge in [0.25, 0.3) is 5.69 Å². The number of carbonyl (C=O) groups excluding carboxylic acids is 1. The summed E-state index contributed by atoms with van der Waals surface area (Å²) in [4.78, 5) is 22.1. The molecule has 1 aromatic rings. The minimum Gasteiger partial charge on any atom is -0.486 e. The molecule has 7 nitrogen and oxygen atoms in total. The van der Waals surface area contributed by atoms with Crippen molar-refractivity contribution in [3.63, 3.8) is 0 Å². The first-order chi connectivity index (χ1) is 8.99. The molecule has 0 unspecified atom stereocenters. The number of fused-ring (bicyclic) bond motifs is 1. The van der Waals surface area contributed by atoms with Gasteiger partial charge in [-0.15, -0.1) is 0 Å². The standard InChI is InChI=1S/C12H14N2O5/c1-7(2)12(15)13-8-5-10-11(19-4-3-18-10)6-9(8)14(16)17/h5-7H,3-4H2,1-2H3,(H,13,15). The molecule has 102 valence electrons. The van der Waals surface area contributed by atoms with Crippen LogP contribution in [0.1, 0.15) is 13.8 Å². The number of carbonyl (C=O) groups is 1. The lowest BCUT2D eigenvalue weighted by atomic mass is 10.2. The van der Waals surface area contributed by atoms with Crippen LogP contribution in [0.5, 0.6) is 11.5 Å². The molecule has 2 rings (SSSR count). The zero-order valence-corrected chi connectivity index (χ0v) is 10.6. The molecule has 0 spiro atoms. The molecule has 0 saturated heterocycles. The second-order valence-corrected chi connectivity index (χ2v) is 4.41. The molecule has 0 aliphatic carbocycles. The Labute approximate surface area is 109 Å². The molecule has 0 fully saturated rings. The zero-order valence-electron chi connectivity index (χ0n) is 10.6. The van der Waals surface area contributed by atoms with E-state index in [9.17, 15) is 14.9 Å². The highest BCUT2D eigenvalue weighted by Gasteiger charge is 2.23. The lowest BCUT2D eigenvalue weighted by Gasteiger charge is -2.19. The number of amides is 1. The third kappa shape index (κ3) is 2.75. The average Bonchev–Trinajstić information content (AvgIpc) is 2.37. The fourth-order valence-electron chi connectivity index (χ4n) is 1.61. The summed E-state index contributed by atoms with van der Waals surface area (Å²) < 4.78 is 10.6. The highest BCUT2D eigenvalue weighted by atomic mass is 16.6. The minimum atomic E-state index is -0.561. The fourth-order valence-corrected chi connectivity index (χ4v) is 1.61. The molecule has 0 bridgehead atoms. The van der Waals surface area contributed by atoms with Crippen molar-refractivity contribution in [1.82, 2.24) is 0 Å². The van der Waals surface area contributed by atoms with Crippen LogP contribution in [0.2, 0.25) is 0 Å². The number of nitro benzene ring substituents is 1. The molecule has 0 aromatic heterocycles. The SMILES string of the molecule is CC(C)C(=O)Nc1cc2c(cc1[N+](=O)[O-])OCCO2. The Kier molecular flexibility index (Phi) is 3.55. The first-order valence-electron chi connectivity index (χ1n) is 5.88. The van der Waals surface area contributed by atoms with E-state index in [-0.39, 0.29) is 23.2 Å². The van der Waals surface area contributed by atoms with Gasteiger partial charge in [-0.25, -0.2) is 0 Å². The Morgan fingerprint density at radius 1 is 1.32 bits per heavy atom. The van der Waals surface area contributed by atoms with Crippen LogP contribution in [0.3, 0.4) is 0 Å². The van der Waals surface area contributed by atoms with E-state index in [1.807, 2.05) is 0 Å². The summed E-state index contributed by atoms with van der Waals surface area (Å²) in [5.74, 6) is 0.156. The second kappa shape index (κ2) is 5.13. The topological polar surface area (TPSA) is 90.7 Å². The smallest absolute Gasteiger partial charge is 0.296 e. The quantitative estimate of drug-likeness (QED) is 0.667. The number of ether oxygens (including phenoxy) is 2. The highest BCUT2D eigenvalue weighted by Crippen LogP contribution is 2.39. The Morgan fingerprint density at radius 2 is 1.89 bits per heavy atom. The van der Waals surface area contributed by atoms with Crippen LogP contribution < -0.4 is 14.8 Å². The van der Waals surface area contributed by atoms with Crippen molar-refractivity contribution < 1.29 is 19.2 Å². The van der Waals surface area contributed by atoms with E-state index < -0.39 is 4.92 Å². The van der Waals surface area contributed by atoms with E-state index in [2.05, 4.69) is 5.32 Å². The van der Waals surface area contributed by atoms with Gasteiger partial charge in [0.1, 0.15) is 18.9 Å². The van der Waals surface area contributed by atoms with Crippen LogP contribution in [-0.4, -0.2) is 24.0 Å². The van der Waals surface area contributed by atoms with Gasteiger partial charge in [0.2, 0.25) is 5.91 Å². The van der Waals surface area contributed by atoms with Crippen molar-refractivity contribution in [2.24, 2.45) is 5.92 Å². The maximum atomic E-state index is 11.6. The van der Waals surface area contributed by atoms with Gasteiger partial charge in [-0.1, -0.05) is 13.8 Å². The molecule has 0 radical (unpaired) electrons. The minimum absolute atomic E-state index is 0.118. The van der Waals surface area contributed by atoms with Crippen LogP contribution in [0.15, 0.2) is 12.1 Å². The fraction of sp³-hybridized carbons (Fsp3) is 0.417. The number of anilines is 1. The van der Waals surface area contributed by atoms with Crippen molar-refractivity contribution in [1.29, 1.82) is 0 Å². The maximum Gasteiger partial charge on any atom is 0.296 e. The predicted molar refractivity (Wildman–Crippen MR) is 67.6 cm³/mol. The number of rotatable bonds is 3. The summed E-state index contributed by atoms with van der Waals surface area (Å²) in [6.07, 6.45) is 0. The number of hydrogen-bond acceptors (Lipinski definition) is 5. The Morgan fingerprint density at radius 3 is 2.42 bits per heavy atom. The monoisotopic (exact) mass is 266 g/mol. The number of nitro groups is 1. The third-order valence-electron chi connectivity index (χ3n) is 2.64. The molecule has 0 atom stereocenters. The second-order valence-electron chi connectivity index (χ2n) is 4.41. The molecular weight excluding hydrogens is 252 g/mol. The van der Waals surface area contributed by atoms with Gasteiger partial charge in [-0.2, -0.15) is 0 Å². The van der Waals surface area contributed by atoms with Crippen molar-refractivity contribution in [2.45, 2.75) is 13.8 Å². The molecule has 1 aromatic carbocycles. The first-order valence-corrected chi connectivity index (χ1v) is 5.88. The predicted octanol–water partition coefficient (Wildman–Crippen LogP) is 1.96. The lowest BCUT2D eigenvalue weighted by molar-refractivity contribution is -0.384. The number of benzene rings is 1. The van der Waals surface area contributed by atoms with Crippen molar-refractivity contribution in [2.75, 3.05) is 18.5 Å². The summed E-state index contributed by atoms with van der Waals surface area (Å²) in [5, 5.41) is 13.5. The van der Waals surface area contributed by atoms with Crippen LogP contribution in [0.25, 0.3) is 0 Å². The Balaban J connectivity index is 2.40. The molecule has 0 saturated carbocycles. The number of nitrogens with zero attached hydrogens (tertiary/aromatic N) is 1. The van der Waals surface area contributed by atoms with Gasteiger partial charge < -0.3 is 14.8 Å². The van der Waals surface area contributed by atoms with E-state index in [4.69, 9.17) is 9.47 Å². The average molecular weight is 266 g/mol. The van der Waals surface area contributed by atoms with Crippen LogP contribution in [-0.2, 0) is 4.79 Å². The van der Waals surface area contributed by atoms with Gasteiger partial charge >= 0.3 is 0 Å². The van der Waals surface area contributed by atoms with Gasteiger partial charge in [0.15, 0.2) is 11.5 Å². The molecule has 7 heteroatoms. The van der Waals surface area contributed by atoms with Crippen molar-refractivity contribution >= 4 is 17.3 Å². The highest BCUT2D eigenvalue weighted by molar-refractivity contribution is 5.94. The molecule has 19 heavy (non-hydrogen) atoms. The lowest BCUT2D eigenvalue weighted by Crippen LogP contribution is -2.20. The van der Waals surface area contributed by atoms with E-state index in [1.165, 1.54) is 12.1 Å². The summed E-state index contributed by atoms with van der Waals surface area (Å²) in [5.41, 5.74) is -0.0915. The Hall–Kier alpha value is -2.31.